The molecule has 1 saturated carbocycles. The Morgan fingerprint density at radius 2 is 2.00 bits per heavy atom. The van der Waals surface area contributed by atoms with E-state index >= 15 is 0 Å². The molecule has 1 aromatic carbocycles. The molecule has 0 radical (unpaired) electrons. The summed E-state index contributed by atoms with van der Waals surface area (Å²) in [4.78, 5) is 22.4. The van der Waals surface area contributed by atoms with Crippen LogP contribution in [0.2, 0.25) is 0 Å². The van der Waals surface area contributed by atoms with Gasteiger partial charge in [0, 0.05) is 0 Å². The number of carbonyl (C=O) groups excluding carboxylic acids is 2. The van der Waals surface area contributed by atoms with Crippen molar-refractivity contribution < 1.29 is 19.1 Å². The SMILES string of the molecule is CCOC(=O)C1CC1c1ccc(OC(C)(C)C=O)cc1. The number of hydrogen-bond acceptors (Lipinski definition) is 4. The third-order valence-corrected chi connectivity index (χ3v) is 3.35. The van der Waals surface area contributed by atoms with Gasteiger partial charge < -0.3 is 9.47 Å². The smallest absolute Gasteiger partial charge is 0.309 e. The van der Waals surface area contributed by atoms with Crippen LogP contribution in [0, 0.1) is 5.92 Å². The Morgan fingerprint density at radius 1 is 1.35 bits per heavy atom. The van der Waals surface area contributed by atoms with E-state index in [9.17, 15) is 9.59 Å². The minimum absolute atomic E-state index is 0.00636. The van der Waals surface area contributed by atoms with Crippen molar-refractivity contribution in [2.45, 2.75) is 38.7 Å². The van der Waals surface area contributed by atoms with Crippen molar-refractivity contribution in [3.05, 3.63) is 29.8 Å². The molecule has 1 aromatic rings. The summed E-state index contributed by atoms with van der Waals surface area (Å²) in [6.45, 7) is 5.67. The van der Waals surface area contributed by atoms with Gasteiger partial charge in [0.25, 0.3) is 0 Å². The molecule has 0 aliphatic heterocycles. The van der Waals surface area contributed by atoms with Gasteiger partial charge in [0.05, 0.1) is 12.5 Å². The van der Waals surface area contributed by atoms with Crippen molar-refractivity contribution in [3.8, 4) is 5.75 Å². The molecule has 0 bridgehead atoms. The second-order valence-corrected chi connectivity index (χ2v) is 5.59. The lowest BCUT2D eigenvalue weighted by atomic mass is 10.1. The molecule has 2 rings (SSSR count). The summed E-state index contributed by atoms with van der Waals surface area (Å²) in [7, 11) is 0. The van der Waals surface area contributed by atoms with E-state index < -0.39 is 5.60 Å². The zero-order valence-corrected chi connectivity index (χ0v) is 12.1. The van der Waals surface area contributed by atoms with Gasteiger partial charge in [0.15, 0.2) is 11.9 Å². The summed E-state index contributed by atoms with van der Waals surface area (Å²) in [5, 5.41) is 0. The molecule has 1 aliphatic carbocycles. The largest absolute Gasteiger partial charge is 0.480 e. The van der Waals surface area contributed by atoms with Crippen LogP contribution in [0.15, 0.2) is 24.3 Å². The summed E-state index contributed by atoms with van der Waals surface area (Å²) in [5.41, 5.74) is 0.286. The monoisotopic (exact) mass is 276 g/mol. The van der Waals surface area contributed by atoms with Crippen molar-refractivity contribution in [2.24, 2.45) is 5.92 Å². The van der Waals surface area contributed by atoms with Crippen LogP contribution in [0.3, 0.4) is 0 Å². The molecule has 2 atom stereocenters. The molecule has 0 N–H and O–H groups in total. The minimum Gasteiger partial charge on any atom is -0.480 e. The van der Waals surface area contributed by atoms with E-state index in [1.807, 2.05) is 31.2 Å². The normalized spacial score (nSPS) is 21.1. The standard InChI is InChI=1S/C16H20O4/c1-4-19-15(18)14-9-13(14)11-5-7-12(8-6-11)20-16(2,3)10-17/h5-8,10,13-14H,4,9H2,1-3H3. The number of rotatable bonds is 6. The van der Waals surface area contributed by atoms with Crippen LogP contribution in [0.25, 0.3) is 0 Å². The molecule has 108 valence electrons. The van der Waals surface area contributed by atoms with Gasteiger partial charge in [-0.2, -0.15) is 0 Å². The Labute approximate surface area is 119 Å². The highest BCUT2D eigenvalue weighted by Crippen LogP contribution is 2.48. The van der Waals surface area contributed by atoms with Gasteiger partial charge >= 0.3 is 5.97 Å². The van der Waals surface area contributed by atoms with E-state index in [-0.39, 0.29) is 17.8 Å². The summed E-state index contributed by atoms with van der Waals surface area (Å²) in [5.74, 6) is 0.786. The van der Waals surface area contributed by atoms with Crippen LogP contribution < -0.4 is 4.74 Å². The average molecular weight is 276 g/mol. The fraction of sp³-hybridized carbons (Fsp3) is 0.500. The third-order valence-electron chi connectivity index (χ3n) is 3.35. The minimum atomic E-state index is -0.825. The molecule has 0 spiro atoms. The zero-order chi connectivity index (χ0) is 14.8. The van der Waals surface area contributed by atoms with E-state index in [4.69, 9.17) is 9.47 Å². The Bertz CT molecular complexity index is 490. The Morgan fingerprint density at radius 3 is 2.55 bits per heavy atom. The van der Waals surface area contributed by atoms with Crippen molar-refractivity contribution in [2.75, 3.05) is 6.61 Å². The van der Waals surface area contributed by atoms with Crippen molar-refractivity contribution >= 4 is 12.3 Å². The highest BCUT2D eigenvalue weighted by Gasteiger charge is 2.45. The van der Waals surface area contributed by atoms with Crippen LogP contribution in [0.1, 0.15) is 38.7 Å². The van der Waals surface area contributed by atoms with Crippen LogP contribution >= 0.6 is 0 Å². The number of esters is 1. The highest BCUT2D eigenvalue weighted by molar-refractivity contribution is 5.77. The molecular weight excluding hydrogens is 256 g/mol. The first-order chi connectivity index (χ1) is 9.46. The molecule has 4 heteroatoms. The van der Waals surface area contributed by atoms with Gasteiger partial charge in [-0.3, -0.25) is 9.59 Å². The maximum atomic E-state index is 11.6. The lowest BCUT2D eigenvalue weighted by Gasteiger charge is -2.19. The van der Waals surface area contributed by atoms with Gasteiger partial charge in [-0.15, -0.1) is 0 Å². The van der Waals surface area contributed by atoms with E-state index in [0.717, 1.165) is 18.3 Å². The maximum absolute atomic E-state index is 11.6. The number of aldehydes is 1. The van der Waals surface area contributed by atoms with Gasteiger partial charge in [0.1, 0.15) is 5.75 Å². The van der Waals surface area contributed by atoms with Gasteiger partial charge in [0.2, 0.25) is 0 Å². The van der Waals surface area contributed by atoms with E-state index in [2.05, 4.69) is 0 Å². The van der Waals surface area contributed by atoms with Gasteiger partial charge in [-0.1, -0.05) is 12.1 Å². The second kappa shape index (κ2) is 5.65. The zero-order valence-electron chi connectivity index (χ0n) is 12.1. The Kier molecular flexibility index (Phi) is 4.12. The fourth-order valence-electron chi connectivity index (χ4n) is 2.18. The predicted octanol–water partition coefficient (Wildman–Crippen LogP) is 2.71. The molecule has 1 aliphatic rings. The lowest BCUT2D eigenvalue weighted by Crippen LogP contribution is -2.29. The molecule has 0 aromatic heterocycles. The Hall–Kier alpha value is -1.84. The van der Waals surface area contributed by atoms with Crippen LogP contribution in [0.5, 0.6) is 5.75 Å². The molecule has 0 heterocycles. The fourth-order valence-corrected chi connectivity index (χ4v) is 2.18. The van der Waals surface area contributed by atoms with E-state index in [1.165, 1.54) is 0 Å². The van der Waals surface area contributed by atoms with Crippen molar-refractivity contribution in [1.82, 2.24) is 0 Å². The number of carbonyl (C=O) groups is 2. The van der Waals surface area contributed by atoms with E-state index in [0.29, 0.717) is 12.4 Å². The molecular formula is C16H20O4. The van der Waals surface area contributed by atoms with Gasteiger partial charge in [-0.05, 0) is 50.8 Å². The molecule has 1 fully saturated rings. The first-order valence-electron chi connectivity index (χ1n) is 6.89. The quantitative estimate of drug-likeness (QED) is 0.592. The van der Waals surface area contributed by atoms with Gasteiger partial charge in [-0.25, -0.2) is 0 Å². The molecule has 4 nitrogen and oxygen atoms in total. The van der Waals surface area contributed by atoms with Crippen LogP contribution in [-0.4, -0.2) is 24.5 Å². The molecule has 20 heavy (non-hydrogen) atoms. The molecule has 0 saturated heterocycles. The van der Waals surface area contributed by atoms with Crippen LogP contribution in [0.4, 0.5) is 0 Å². The van der Waals surface area contributed by atoms with Crippen LogP contribution in [-0.2, 0) is 14.3 Å². The van der Waals surface area contributed by atoms with E-state index in [1.54, 1.807) is 13.8 Å². The Balaban J connectivity index is 1.97. The highest BCUT2D eigenvalue weighted by atomic mass is 16.5. The number of ether oxygens (including phenoxy) is 2. The van der Waals surface area contributed by atoms with Crippen molar-refractivity contribution in [3.63, 3.8) is 0 Å². The summed E-state index contributed by atoms with van der Waals surface area (Å²) in [6.07, 6.45) is 1.62. The summed E-state index contributed by atoms with van der Waals surface area (Å²) < 4.78 is 10.6. The second-order valence-electron chi connectivity index (χ2n) is 5.59. The molecule has 2 unspecified atom stereocenters. The summed E-state index contributed by atoms with van der Waals surface area (Å²) >= 11 is 0. The third kappa shape index (κ3) is 3.38. The lowest BCUT2D eigenvalue weighted by molar-refractivity contribution is -0.144. The summed E-state index contributed by atoms with van der Waals surface area (Å²) in [6, 6.07) is 7.56. The predicted molar refractivity (Wildman–Crippen MR) is 74.7 cm³/mol. The maximum Gasteiger partial charge on any atom is 0.309 e. The number of hydrogen-bond donors (Lipinski definition) is 0. The first kappa shape index (κ1) is 14.6. The van der Waals surface area contributed by atoms with Crippen molar-refractivity contribution in [1.29, 1.82) is 0 Å². The first-order valence-corrected chi connectivity index (χ1v) is 6.89. The molecule has 0 amide bonds. The average Bonchev–Trinajstić information content (AvgIpc) is 3.20. The topological polar surface area (TPSA) is 52.6 Å². The number of benzene rings is 1.